The van der Waals surface area contributed by atoms with Crippen LogP contribution in [0.1, 0.15) is 44.5 Å². The first-order valence-corrected chi connectivity index (χ1v) is 25.8. The first kappa shape index (κ1) is 42.2. The predicted molar refractivity (Wildman–Crippen MR) is 307 cm³/mol. The Morgan fingerprint density at radius 1 is 0.243 bits per heavy atom. The SMILES string of the molecule is c1ccc(N(c2ccccc2)c2ccc3c(c2)C2(c4ccccc4-3)c3ccccc3-c3c2c(N(c2ccccc2)c2ccc4c(c2)-c2ccccc2C4(c2ccccc2)c2ccccc2)cc2ccccc32)cc1. The minimum absolute atomic E-state index is 0.511. The minimum atomic E-state index is -0.696. The van der Waals surface area contributed by atoms with E-state index in [9.17, 15) is 0 Å². The zero-order valence-corrected chi connectivity index (χ0v) is 40.6. The molecule has 0 bridgehead atoms. The van der Waals surface area contributed by atoms with Crippen LogP contribution in [0.15, 0.2) is 291 Å². The summed E-state index contributed by atoms with van der Waals surface area (Å²) < 4.78 is 0. The second-order valence-corrected chi connectivity index (χ2v) is 19.9. The van der Waals surface area contributed by atoms with Crippen LogP contribution in [0, 0.1) is 0 Å². The third-order valence-corrected chi connectivity index (χ3v) is 16.3. The average Bonchev–Trinajstić information content (AvgIpc) is 4.08. The molecule has 0 saturated carbocycles. The number of para-hydroxylation sites is 3. The summed E-state index contributed by atoms with van der Waals surface area (Å²) in [4.78, 5) is 4.97. The molecule has 0 aliphatic heterocycles. The Labute approximate surface area is 432 Å². The van der Waals surface area contributed by atoms with Gasteiger partial charge in [0.1, 0.15) is 0 Å². The monoisotopic (exact) mass is 940 g/mol. The molecule has 1 atom stereocenters. The van der Waals surface area contributed by atoms with Gasteiger partial charge in [0.2, 0.25) is 0 Å². The van der Waals surface area contributed by atoms with E-state index < -0.39 is 10.8 Å². The van der Waals surface area contributed by atoms with Crippen LogP contribution in [0.3, 0.4) is 0 Å². The van der Waals surface area contributed by atoms with Gasteiger partial charge in [-0.1, -0.05) is 224 Å². The van der Waals surface area contributed by atoms with Gasteiger partial charge in [-0.25, -0.2) is 0 Å². The number of anilines is 6. The molecule has 0 saturated heterocycles. The molecular weight excluding hydrogens is 893 g/mol. The van der Waals surface area contributed by atoms with Gasteiger partial charge < -0.3 is 9.80 Å². The maximum Gasteiger partial charge on any atom is 0.0747 e. The summed E-state index contributed by atoms with van der Waals surface area (Å²) in [6.07, 6.45) is 0. The highest BCUT2D eigenvalue weighted by atomic mass is 15.2. The van der Waals surface area contributed by atoms with E-state index in [-0.39, 0.29) is 0 Å². The summed E-state index contributed by atoms with van der Waals surface area (Å²) in [6, 6.07) is 108. The maximum absolute atomic E-state index is 2.57. The summed E-state index contributed by atoms with van der Waals surface area (Å²) in [5.41, 5.74) is 23.3. The predicted octanol–water partition coefficient (Wildman–Crippen LogP) is 18.5. The lowest BCUT2D eigenvalue weighted by molar-refractivity contribution is 0.768. The van der Waals surface area contributed by atoms with Gasteiger partial charge in [-0.05, 0) is 150 Å². The fraction of sp³-hybridized carbons (Fsp3) is 0.0278. The van der Waals surface area contributed by atoms with Gasteiger partial charge in [-0.15, -0.1) is 0 Å². The van der Waals surface area contributed by atoms with Crippen molar-refractivity contribution in [2.75, 3.05) is 9.80 Å². The first-order valence-electron chi connectivity index (χ1n) is 25.8. The van der Waals surface area contributed by atoms with Gasteiger partial charge in [-0.2, -0.15) is 0 Å². The van der Waals surface area contributed by atoms with E-state index in [1.54, 1.807) is 0 Å². The van der Waals surface area contributed by atoms with E-state index in [1.807, 2.05) is 0 Å². The summed E-state index contributed by atoms with van der Waals surface area (Å²) in [7, 11) is 0. The van der Waals surface area contributed by atoms with E-state index in [0.29, 0.717) is 0 Å². The Morgan fingerprint density at radius 3 is 1.27 bits per heavy atom. The van der Waals surface area contributed by atoms with Crippen LogP contribution >= 0.6 is 0 Å². The van der Waals surface area contributed by atoms with Gasteiger partial charge in [-0.3, -0.25) is 0 Å². The Bertz CT molecular complexity index is 4050. The van der Waals surface area contributed by atoms with Crippen LogP contribution in [0.4, 0.5) is 34.1 Å². The number of fused-ring (bicyclic) bond motifs is 15. The molecule has 0 amide bonds. The molecule has 3 aliphatic rings. The molecule has 1 unspecified atom stereocenters. The molecule has 0 fully saturated rings. The van der Waals surface area contributed by atoms with Crippen molar-refractivity contribution in [2.24, 2.45) is 0 Å². The highest BCUT2D eigenvalue weighted by Gasteiger charge is 2.54. The second kappa shape index (κ2) is 16.5. The van der Waals surface area contributed by atoms with Crippen molar-refractivity contribution < 1.29 is 0 Å². The Kier molecular flexibility index (Phi) is 9.43. The van der Waals surface area contributed by atoms with Crippen molar-refractivity contribution in [1.29, 1.82) is 0 Å². The minimum Gasteiger partial charge on any atom is -0.310 e. The molecule has 0 aromatic heterocycles. The summed E-state index contributed by atoms with van der Waals surface area (Å²) in [5, 5.41) is 2.45. The number of rotatable bonds is 8. The molecule has 15 rings (SSSR count). The van der Waals surface area contributed by atoms with Crippen LogP contribution in [-0.4, -0.2) is 0 Å². The highest BCUT2D eigenvalue weighted by molar-refractivity contribution is 6.11. The fourth-order valence-corrected chi connectivity index (χ4v) is 13.5. The van der Waals surface area contributed by atoms with E-state index in [4.69, 9.17) is 0 Å². The van der Waals surface area contributed by atoms with Gasteiger partial charge in [0.25, 0.3) is 0 Å². The summed E-state index contributed by atoms with van der Waals surface area (Å²) in [5.74, 6) is 0. The zero-order valence-electron chi connectivity index (χ0n) is 40.6. The third kappa shape index (κ3) is 5.88. The van der Waals surface area contributed by atoms with Crippen LogP contribution in [-0.2, 0) is 10.8 Å². The van der Waals surface area contributed by atoms with Crippen LogP contribution < -0.4 is 9.80 Å². The van der Waals surface area contributed by atoms with E-state index in [2.05, 4.69) is 301 Å². The van der Waals surface area contributed by atoms with Gasteiger partial charge >= 0.3 is 0 Å². The lowest BCUT2D eigenvalue weighted by Crippen LogP contribution is -2.29. The van der Waals surface area contributed by atoms with E-state index in [1.165, 1.54) is 88.7 Å². The van der Waals surface area contributed by atoms with E-state index >= 15 is 0 Å². The van der Waals surface area contributed by atoms with Crippen molar-refractivity contribution in [3.63, 3.8) is 0 Å². The Hall–Kier alpha value is -9.50. The highest BCUT2D eigenvalue weighted by Crippen LogP contribution is 2.67. The van der Waals surface area contributed by atoms with Crippen molar-refractivity contribution in [3.05, 3.63) is 336 Å². The first-order chi connectivity index (χ1) is 36.7. The fourth-order valence-electron chi connectivity index (χ4n) is 13.5. The molecule has 12 aromatic carbocycles. The van der Waals surface area contributed by atoms with Crippen LogP contribution in [0.25, 0.3) is 44.2 Å². The summed E-state index contributed by atoms with van der Waals surface area (Å²) in [6.45, 7) is 0. The molecule has 0 heterocycles. The molecule has 2 nitrogen and oxygen atoms in total. The summed E-state index contributed by atoms with van der Waals surface area (Å²) >= 11 is 0. The third-order valence-electron chi connectivity index (χ3n) is 16.3. The van der Waals surface area contributed by atoms with Gasteiger partial charge in [0.05, 0.1) is 16.5 Å². The topological polar surface area (TPSA) is 6.48 Å². The molecule has 346 valence electrons. The number of benzene rings is 12. The average molecular weight is 941 g/mol. The van der Waals surface area contributed by atoms with E-state index in [0.717, 1.165) is 34.1 Å². The lowest BCUT2D eigenvalue weighted by Gasteiger charge is -2.37. The van der Waals surface area contributed by atoms with Crippen molar-refractivity contribution in [2.45, 2.75) is 10.8 Å². The molecule has 2 heteroatoms. The van der Waals surface area contributed by atoms with Crippen molar-refractivity contribution in [3.8, 4) is 33.4 Å². The zero-order chi connectivity index (χ0) is 48.8. The van der Waals surface area contributed by atoms with Crippen molar-refractivity contribution >= 4 is 44.9 Å². The second-order valence-electron chi connectivity index (χ2n) is 19.9. The van der Waals surface area contributed by atoms with Gasteiger partial charge in [0.15, 0.2) is 0 Å². The number of hydrogen-bond acceptors (Lipinski definition) is 2. The quantitative estimate of drug-likeness (QED) is 0.150. The normalized spacial score (nSPS) is 14.9. The smallest absolute Gasteiger partial charge is 0.0747 e. The molecule has 0 N–H and O–H groups in total. The van der Waals surface area contributed by atoms with Crippen molar-refractivity contribution in [1.82, 2.24) is 0 Å². The molecule has 74 heavy (non-hydrogen) atoms. The lowest BCUT2D eigenvalue weighted by atomic mass is 9.68. The number of hydrogen-bond donors (Lipinski definition) is 0. The van der Waals surface area contributed by atoms with Gasteiger partial charge in [0, 0.05) is 34.0 Å². The van der Waals surface area contributed by atoms with Crippen LogP contribution in [0.5, 0.6) is 0 Å². The standard InChI is InChI=1S/C72H48N2/c1-6-25-50(26-7-1)71(51-27-8-2-9-28-51)63-39-21-19-37-59(63)62-47-55(43-45-66(62)71)74(54-33-14-5-15-34-54)68-46-49-24-16-17-35-57(49)69-61-38-20-23-41-65(61)72(70(68)69)64-40-22-18-36-58(64)60-44-42-56(48-67(60)72)73(52-29-10-3-11-30-52)53-31-12-4-13-32-53/h1-48H. The molecule has 0 radical (unpaired) electrons. The molecule has 3 aliphatic carbocycles. The largest absolute Gasteiger partial charge is 0.310 e. The van der Waals surface area contributed by atoms with Crippen LogP contribution in [0.2, 0.25) is 0 Å². The Morgan fingerprint density at radius 2 is 0.662 bits per heavy atom. The molecule has 1 spiro atoms. The molecular formula is C72H48N2. The number of nitrogens with zero attached hydrogens (tertiary/aromatic N) is 2. The Balaban J connectivity index is 1.05. The molecule has 12 aromatic rings. The maximum atomic E-state index is 2.57.